The summed E-state index contributed by atoms with van der Waals surface area (Å²) in [5, 5.41) is 1.55. The molecule has 2 fully saturated rings. The van der Waals surface area contributed by atoms with Crippen LogP contribution in [0, 0.1) is 11.7 Å². The van der Waals surface area contributed by atoms with Gasteiger partial charge >= 0.3 is 0 Å². The van der Waals surface area contributed by atoms with Crippen LogP contribution in [0.3, 0.4) is 0 Å². The summed E-state index contributed by atoms with van der Waals surface area (Å²) in [6.07, 6.45) is -0.998. The number of hydrogen-bond acceptors (Lipinski definition) is 5. The number of benzene rings is 3. The van der Waals surface area contributed by atoms with Gasteiger partial charge in [0.05, 0.1) is 24.0 Å². The molecule has 0 saturated carbocycles. The van der Waals surface area contributed by atoms with Crippen molar-refractivity contribution in [1.29, 1.82) is 0 Å². The van der Waals surface area contributed by atoms with Gasteiger partial charge < -0.3 is 4.74 Å². The van der Waals surface area contributed by atoms with E-state index in [0.717, 1.165) is 4.90 Å². The average molecular weight is 432 g/mol. The van der Waals surface area contributed by atoms with E-state index in [4.69, 9.17) is 9.57 Å². The fraction of sp³-hybridized carbons (Fsp3) is 0.200. The highest BCUT2D eigenvalue weighted by atomic mass is 19.1. The molecule has 2 aliphatic rings. The zero-order valence-electron chi connectivity index (χ0n) is 17.4. The Bertz CT molecular complexity index is 1150. The van der Waals surface area contributed by atoms with E-state index in [-0.39, 0.29) is 5.91 Å². The first-order valence-electron chi connectivity index (χ1n) is 10.5. The van der Waals surface area contributed by atoms with Gasteiger partial charge in [-0.05, 0) is 61.0 Å². The van der Waals surface area contributed by atoms with Crippen molar-refractivity contribution in [3.05, 3.63) is 90.2 Å². The lowest BCUT2D eigenvalue weighted by molar-refractivity contribution is -0.126. The van der Waals surface area contributed by atoms with Gasteiger partial charge in [-0.15, -0.1) is 0 Å². The molecule has 3 atom stereocenters. The smallest absolute Gasteiger partial charge is 0.266 e. The number of amides is 2. The summed E-state index contributed by atoms with van der Waals surface area (Å²) in [7, 11) is 0. The summed E-state index contributed by atoms with van der Waals surface area (Å²) in [5.74, 6) is -1.39. The maximum absolute atomic E-state index is 14.1. The van der Waals surface area contributed by atoms with Crippen molar-refractivity contribution in [3.8, 4) is 5.75 Å². The molecule has 2 heterocycles. The number of carbonyl (C=O) groups excluding carboxylic acids is 2. The number of carbonyl (C=O) groups is 2. The van der Waals surface area contributed by atoms with Gasteiger partial charge in [-0.2, -0.15) is 0 Å². The third-order valence-corrected chi connectivity index (χ3v) is 5.72. The van der Waals surface area contributed by atoms with E-state index < -0.39 is 29.8 Å². The minimum absolute atomic E-state index is 0.378. The number of fused-ring (bicyclic) bond motifs is 1. The van der Waals surface area contributed by atoms with Crippen molar-refractivity contribution in [3.63, 3.8) is 0 Å². The highest BCUT2D eigenvalue weighted by molar-refractivity contribution is 6.23. The highest BCUT2D eigenvalue weighted by Gasteiger charge is 2.60. The Labute approximate surface area is 184 Å². The second-order valence-electron chi connectivity index (χ2n) is 7.65. The molecule has 6 nitrogen and oxygen atoms in total. The average Bonchev–Trinajstić information content (AvgIpc) is 3.31. The fourth-order valence-corrected chi connectivity index (χ4v) is 4.36. The minimum Gasteiger partial charge on any atom is -0.494 e. The van der Waals surface area contributed by atoms with Gasteiger partial charge in [0, 0.05) is 0 Å². The molecule has 2 amide bonds. The van der Waals surface area contributed by atoms with E-state index in [1.807, 2.05) is 37.3 Å². The number of halogens is 1. The van der Waals surface area contributed by atoms with Crippen molar-refractivity contribution in [1.82, 2.24) is 0 Å². The second kappa shape index (κ2) is 8.09. The van der Waals surface area contributed by atoms with Crippen LogP contribution in [-0.2, 0) is 14.4 Å². The predicted octanol–water partition coefficient (Wildman–Crippen LogP) is 4.28. The third kappa shape index (κ3) is 3.31. The summed E-state index contributed by atoms with van der Waals surface area (Å²) in [5.41, 5.74) is 1.70. The maximum Gasteiger partial charge on any atom is 0.266 e. The van der Waals surface area contributed by atoms with Crippen molar-refractivity contribution < 1.29 is 23.6 Å². The molecule has 0 radical (unpaired) electrons. The molecular formula is C25H21FN2O4. The van der Waals surface area contributed by atoms with E-state index in [1.54, 1.807) is 41.5 Å². The molecule has 0 unspecified atom stereocenters. The van der Waals surface area contributed by atoms with Gasteiger partial charge in [0.15, 0.2) is 6.10 Å². The second-order valence-corrected chi connectivity index (χ2v) is 7.65. The van der Waals surface area contributed by atoms with Gasteiger partial charge in [-0.25, -0.2) is 14.4 Å². The van der Waals surface area contributed by atoms with Crippen LogP contribution in [-0.4, -0.2) is 24.5 Å². The molecule has 3 aromatic rings. The number of imide groups is 1. The van der Waals surface area contributed by atoms with Gasteiger partial charge in [-0.3, -0.25) is 14.4 Å². The molecule has 5 rings (SSSR count). The van der Waals surface area contributed by atoms with Crippen LogP contribution in [0.5, 0.6) is 5.75 Å². The zero-order valence-corrected chi connectivity index (χ0v) is 17.4. The van der Waals surface area contributed by atoms with E-state index in [2.05, 4.69) is 0 Å². The topological polar surface area (TPSA) is 59.1 Å². The largest absolute Gasteiger partial charge is 0.494 e. The Hall–Kier alpha value is -3.71. The fourth-order valence-electron chi connectivity index (χ4n) is 4.36. The SMILES string of the molecule is CCOc1ccc(N2C(=O)[C@H]3[C@H](ON(c4ccccc4)[C@@H]3c3cccc(F)c3)C2=O)cc1. The summed E-state index contributed by atoms with van der Waals surface area (Å²) >= 11 is 0. The van der Waals surface area contributed by atoms with Gasteiger partial charge in [0.1, 0.15) is 17.5 Å². The van der Waals surface area contributed by atoms with E-state index in [0.29, 0.717) is 29.3 Å². The molecule has 162 valence electrons. The molecule has 32 heavy (non-hydrogen) atoms. The summed E-state index contributed by atoms with van der Waals surface area (Å²) in [6.45, 7) is 2.40. The van der Waals surface area contributed by atoms with Crippen molar-refractivity contribution in [2.24, 2.45) is 5.92 Å². The van der Waals surface area contributed by atoms with Crippen molar-refractivity contribution in [2.45, 2.75) is 19.1 Å². The van der Waals surface area contributed by atoms with Gasteiger partial charge in [-0.1, -0.05) is 30.3 Å². The van der Waals surface area contributed by atoms with Crippen LogP contribution in [0.2, 0.25) is 0 Å². The van der Waals surface area contributed by atoms with Crippen LogP contribution in [0.4, 0.5) is 15.8 Å². The lowest BCUT2D eigenvalue weighted by Gasteiger charge is -2.28. The Morgan fingerprint density at radius 3 is 2.34 bits per heavy atom. The first kappa shape index (κ1) is 20.2. The lowest BCUT2D eigenvalue weighted by atomic mass is 9.90. The zero-order chi connectivity index (χ0) is 22.2. The first-order chi connectivity index (χ1) is 15.6. The standard InChI is InChI=1S/C25H21FN2O4/c1-2-31-20-13-11-18(12-14-20)27-24(29)21-22(16-7-6-8-17(26)15-16)28(32-23(21)25(27)30)19-9-4-3-5-10-19/h3-15,21-23H,2H2,1H3/t21-,22-,23+/m1/s1. The molecular weight excluding hydrogens is 411 g/mol. The molecule has 0 aromatic heterocycles. The summed E-state index contributed by atoms with van der Waals surface area (Å²) in [6, 6.07) is 21.4. The Kier molecular flexibility index (Phi) is 5.11. The number of hydroxylamine groups is 1. The maximum atomic E-state index is 14.1. The molecule has 2 saturated heterocycles. The molecule has 7 heteroatoms. The van der Waals surface area contributed by atoms with E-state index >= 15 is 0 Å². The number of anilines is 2. The first-order valence-corrected chi connectivity index (χ1v) is 10.5. The van der Waals surface area contributed by atoms with E-state index in [9.17, 15) is 14.0 Å². The number of rotatable bonds is 5. The quantitative estimate of drug-likeness (QED) is 0.564. The van der Waals surface area contributed by atoms with Crippen LogP contribution in [0.25, 0.3) is 0 Å². The summed E-state index contributed by atoms with van der Waals surface area (Å²) in [4.78, 5) is 34.0. The number of para-hydroxylation sites is 1. The highest BCUT2D eigenvalue weighted by Crippen LogP contribution is 2.47. The Morgan fingerprint density at radius 2 is 1.66 bits per heavy atom. The minimum atomic E-state index is -0.998. The van der Waals surface area contributed by atoms with Crippen LogP contribution in [0.15, 0.2) is 78.9 Å². The lowest BCUT2D eigenvalue weighted by Crippen LogP contribution is -2.37. The Morgan fingerprint density at radius 1 is 0.906 bits per heavy atom. The number of nitrogens with zero attached hydrogens (tertiary/aromatic N) is 2. The number of hydrogen-bond donors (Lipinski definition) is 0. The molecule has 0 N–H and O–H groups in total. The van der Waals surface area contributed by atoms with Gasteiger partial charge in [0.2, 0.25) is 5.91 Å². The Balaban J connectivity index is 1.54. The molecule has 0 spiro atoms. The van der Waals surface area contributed by atoms with Gasteiger partial charge in [0.25, 0.3) is 5.91 Å². The molecule has 0 bridgehead atoms. The van der Waals surface area contributed by atoms with Crippen LogP contribution >= 0.6 is 0 Å². The summed E-state index contributed by atoms with van der Waals surface area (Å²) < 4.78 is 19.5. The monoisotopic (exact) mass is 432 g/mol. The molecule has 0 aliphatic carbocycles. The van der Waals surface area contributed by atoms with E-state index in [1.165, 1.54) is 12.1 Å². The normalized spacial score (nSPS) is 22.4. The van der Waals surface area contributed by atoms with Crippen LogP contribution in [0.1, 0.15) is 18.5 Å². The molecule has 2 aliphatic heterocycles. The third-order valence-electron chi connectivity index (χ3n) is 5.72. The van der Waals surface area contributed by atoms with Crippen molar-refractivity contribution in [2.75, 3.05) is 16.6 Å². The molecule has 3 aromatic carbocycles. The number of ether oxygens (including phenoxy) is 1. The van der Waals surface area contributed by atoms with Crippen molar-refractivity contribution >= 4 is 23.2 Å². The predicted molar refractivity (Wildman–Crippen MR) is 117 cm³/mol. The van der Waals surface area contributed by atoms with Crippen LogP contribution < -0.4 is 14.7 Å².